The number of rotatable bonds is 8. The molecule has 0 saturated carbocycles. The monoisotopic (exact) mass is 277 g/mol. The lowest BCUT2D eigenvalue weighted by molar-refractivity contribution is -0.143. The molecule has 1 aromatic rings. The van der Waals surface area contributed by atoms with Crippen LogP contribution in [0.2, 0.25) is 0 Å². The van der Waals surface area contributed by atoms with E-state index in [1.807, 2.05) is 31.2 Å². The van der Waals surface area contributed by atoms with Crippen LogP contribution in [0.15, 0.2) is 36.9 Å². The van der Waals surface area contributed by atoms with Gasteiger partial charge in [0.2, 0.25) is 5.91 Å². The van der Waals surface area contributed by atoms with E-state index in [0.717, 1.165) is 11.1 Å². The van der Waals surface area contributed by atoms with Gasteiger partial charge >= 0.3 is 5.97 Å². The van der Waals surface area contributed by atoms with E-state index in [1.165, 1.54) is 6.08 Å². The Morgan fingerprint density at radius 3 is 2.75 bits per heavy atom. The van der Waals surface area contributed by atoms with Gasteiger partial charge in [0.15, 0.2) is 6.04 Å². The van der Waals surface area contributed by atoms with Gasteiger partial charge in [0, 0.05) is 0 Å². The van der Waals surface area contributed by atoms with E-state index in [0.29, 0.717) is 0 Å². The van der Waals surface area contributed by atoms with Gasteiger partial charge in [-0.2, -0.15) is 0 Å². The molecule has 1 rings (SSSR count). The fraction of sp³-hybridized carbons (Fsp3) is 0.333. The van der Waals surface area contributed by atoms with E-state index in [4.69, 9.17) is 9.84 Å². The summed E-state index contributed by atoms with van der Waals surface area (Å²) in [6, 6.07) is 6.44. The van der Waals surface area contributed by atoms with Crippen molar-refractivity contribution in [3.8, 4) is 0 Å². The van der Waals surface area contributed by atoms with Crippen molar-refractivity contribution < 1.29 is 19.4 Å². The van der Waals surface area contributed by atoms with E-state index < -0.39 is 12.0 Å². The van der Waals surface area contributed by atoms with Crippen molar-refractivity contribution >= 4 is 11.9 Å². The fourth-order valence-corrected chi connectivity index (χ4v) is 1.67. The van der Waals surface area contributed by atoms with Crippen LogP contribution >= 0.6 is 0 Å². The molecule has 5 heteroatoms. The highest BCUT2D eigenvalue weighted by Crippen LogP contribution is 2.07. The SMILES string of the molecule is C=CCOCC(NC(=O)Cc1ccccc1C)C(=O)O. The highest BCUT2D eigenvalue weighted by Gasteiger charge is 2.20. The maximum atomic E-state index is 11.9. The number of amides is 1. The number of carbonyl (C=O) groups is 2. The zero-order chi connectivity index (χ0) is 15.0. The van der Waals surface area contributed by atoms with Crippen LogP contribution in [-0.2, 0) is 20.7 Å². The molecule has 1 aromatic carbocycles. The predicted molar refractivity (Wildman–Crippen MR) is 75.5 cm³/mol. The summed E-state index contributed by atoms with van der Waals surface area (Å²) in [6.07, 6.45) is 1.67. The molecule has 0 heterocycles. The van der Waals surface area contributed by atoms with Crippen molar-refractivity contribution in [3.05, 3.63) is 48.0 Å². The topological polar surface area (TPSA) is 75.6 Å². The Morgan fingerprint density at radius 1 is 1.45 bits per heavy atom. The van der Waals surface area contributed by atoms with E-state index in [-0.39, 0.29) is 25.5 Å². The molecule has 1 atom stereocenters. The fourth-order valence-electron chi connectivity index (χ4n) is 1.67. The van der Waals surface area contributed by atoms with Gasteiger partial charge < -0.3 is 15.2 Å². The lowest BCUT2D eigenvalue weighted by atomic mass is 10.1. The lowest BCUT2D eigenvalue weighted by Gasteiger charge is -2.14. The van der Waals surface area contributed by atoms with E-state index in [2.05, 4.69) is 11.9 Å². The van der Waals surface area contributed by atoms with Gasteiger partial charge in [0.1, 0.15) is 0 Å². The predicted octanol–water partition coefficient (Wildman–Crippen LogP) is 1.31. The van der Waals surface area contributed by atoms with Crippen molar-refractivity contribution in [2.24, 2.45) is 0 Å². The number of hydrogen-bond acceptors (Lipinski definition) is 3. The molecule has 0 bridgehead atoms. The van der Waals surface area contributed by atoms with E-state index in [1.54, 1.807) is 0 Å². The molecule has 0 aliphatic heterocycles. The van der Waals surface area contributed by atoms with Crippen LogP contribution in [0.3, 0.4) is 0 Å². The molecule has 20 heavy (non-hydrogen) atoms. The van der Waals surface area contributed by atoms with Gasteiger partial charge in [-0.3, -0.25) is 4.79 Å². The van der Waals surface area contributed by atoms with E-state index >= 15 is 0 Å². The summed E-state index contributed by atoms with van der Waals surface area (Å²) in [6.45, 7) is 5.54. The number of ether oxygens (including phenoxy) is 1. The first kappa shape index (κ1) is 15.9. The van der Waals surface area contributed by atoms with Crippen LogP contribution in [0, 0.1) is 6.92 Å². The van der Waals surface area contributed by atoms with E-state index in [9.17, 15) is 9.59 Å². The molecule has 108 valence electrons. The third-order valence-electron chi connectivity index (χ3n) is 2.77. The number of aliphatic carboxylic acids is 1. The molecule has 0 aromatic heterocycles. The Labute approximate surface area is 118 Å². The standard InChI is InChI=1S/C15H19NO4/c1-3-8-20-10-13(15(18)19)16-14(17)9-12-7-5-4-6-11(12)2/h3-7,13H,1,8-10H2,2H3,(H,16,17)(H,18,19). The Kier molecular flexibility index (Phi) is 6.46. The second-order valence-electron chi connectivity index (χ2n) is 4.39. The van der Waals surface area contributed by atoms with Gasteiger partial charge in [-0.25, -0.2) is 4.79 Å². The molecule has 1 amide bonds. The molecular formula is C15H19NO4. The number of carboxylic acid groups (broad SMARTS) is 1. The number of nitrogens with one attached hydrogen (secondary N) is 1. The Bertz CT molecular complexity index is 485. The minimum atomic E-state index is -1.12. The molecule has 0 aliphatic carbocycles. The molecule has 0 fully saturated rings. The minimum Gasteiger partial charge on any atom is -0.480 e. The summed E-state index contributed by atoms with van der Waals surface area (Å²) < 4.78 is 5.07. The number of benzene rings is 1. The smallest absolute Gasteiger partial charge is 0.328 e. The Hall–Kier alpha value is -2.14. The maximum Gasteiger partial charge on any atom is 0.328 e. The van der Waals surface area contributed by atoms with Crippen LogP contribution in [0.25, 0.3) is 0 Å². The maximum absolute atomic E-state index is 11.9. The molecule has 0 radical (unpaired) electrons. The highest BCUT2D eigenvalue weighted by molar-refractivity contribution is 5.85. The number of carboxylic acids is 1. The normalized spacial score (nSPS) is 11.7. The largest absolute Gasteiger partial charge is 0.480 e. The van der Waals surface area contributed by atoms with Crippen molar-refractivity contribution in [1.29, 1.82) is 0 Å². The average molecular weight is 277 g/mol. The number of hydrogen-bond donors (Lipinski definition) is 2. The molecule has 0 saturated heterocycles. The average Bonchev–Trinajstić information content (AvgIpc) is 2.40. The first-order valence-corrected chi connectivity index (χ1v) is 6.30. The summed E-state index contributed by atoms with van der Waals surface area (Å²) >= 11 is 0. The number of aryl methyl sites for hydroxylation is 1. The third-order valence-corrected chi connectivity index (χ3v) is 2.77. The zero-order valence-corrected chi connectivity index (χ0v) is 11.5. The van der Waals surface area contributed by atoms with Gasteiger partial charge in [0.05, 0.1) is 19.6 Å². The van der Waals surface area contributed by atoms with Crippen LogP contribution in [-0.4, -0.2) is 36.2 Å². The molecule has 0 spiro atoms. The van der Waals surface area contributed by atoms with Crippen molar-refractivity contribution in [2.75, 3.05) is 13.2 Å². The van der Waals surface area contributed by atoms with Gasteiger partial charge in [-0.1, -0.05) is 30.3 Å². The minimum absolute atomic E-state index is 0.0825. The summed E-state index contributed by atoms with van der Waals surface area (Å²) in [4.78, 5) is 22.9. The Balaban J connectivity index is 2.56. The first-order valence-electron chi connectivity index (χ1n) is 6.30. The molecule has 1 unspecified atom stereocenters. The van der Waals surface area contributed by atoms with Crippen LogP contribution in [0.4, 0.5) is 0 Å². The van der Waals surface area contributed by atoms with Crippen LogP contribution in [0.1, 0.15) is 11.1 Å². The summed E-state index contributed by atoms with van der Waals surface area (Å²) in [7, 11) is 0. The van der Waals surface area contributed by atoms with Crippen molar-refractivity contribution in [2.45, 2.75) is 19.4 Å². The second kappa shape index (κ2) is 8.12. The van der Waals surface area contributed by atoms with Crippen LogP contribution in [0.5, 0.6) is 0 Å². The summed E-state index contributed by atoms with van der Waals surface area (Å²) in [5.74, 6) is -1.46. The quantitative estimate of drug-likeness (QED) is 0.555. The molecular weight excluding hydrogens is 258 g/mol. The lowest BCUT2D eigenvalue weighted by Crippen LogP contribution is -2.44. The Morgan fingerprint density at radius 2 is 2.15 bits per heavy atom. The third kappa shape index (κ3) is 5.24. The van der Waals surface area contributed by atoms with Gasteiger partial charge in [0.25, 0.3) is 0 Å². The summed E-state index contributed by atoms with van der Waals surface area (Å²) in [5, 5.41) is 11.5. The molecule has 5 nitrogen and oxygen atoms in total. The van der Waals surface area contributed by atoms with Gasteiger partial charge in [-0.05, 0) is 18.1 Å². The highest BCUT2D eigenvalue weighted by atomic mass is 16.5. The second-order valence-corrected chi connectivity index (χ2v) is 4.39. The van der Waals surface area contributed by atoms with Gasteiger partial charge in [-0.15, -0.1) is 6.58 Å². The first-order chi connectivity index (χ1) is 9.54. The zero-order valence-electron chi connectivity index (χ0n) is 11.5. The number of carbonyl (C=O) groups excluding carboxylic acids is 1. The van der Waals surface area contributed by atoms with Crippen molar-refractivity contribution in [1.82, 2.24) is 5.32 Å². The molecule has 2 N–H and O–H groups in total. The molecule has 0 aliphatic rings. The van der Waals surface area contributed by atoms with Crippen molar-refractivity contribution in [3.63, 3.8) is 0 Å². The summed E-state index contributed by atoms with van der Waals surface area (Å²) in [5.41, 5.74) is 1.87. The van der Waals surface area contributed by atoms with Crippen LogP contribution < -0.4 is 5.32 Å².